The van der Waals surface area contributed by atoms with Crippen LogP contribution >= 0.6 is 0 Å². The predicted octanol–water partition coefficient (Wildman–Crippen LogP) is -0.298. The molecule has 1 saturated heterocycles. The molecule has 1 fully saturated rings. The van der Waals surface area contributed by atoms with Gasteiger partial charge in [0.2, 0.25) is 0 Å². The molecular formula is C8H18NO+. The monoisotopic (exact) mass is 144 g/mol. The molecule has 0 bridgehead atoms. The van der Waals surface area contributed by atoms with Gasteiger partial charge in [0.15, 0.2) is 0 Å². The van der Waals surface area contributed by atoms with Gasteiger partial charge in [0, 0.05) is 7.11 Å². The molecule has 2 heteroatoms. The molecule has 60 valence electrons. The summed E-state index contributed by atoms with van der Waals surface area (Å²) in [5.41, 5.74) is 0. The zero-order valence-electron chi connectivity index (χ0n) is 6.86. The maximum Gasteiger partial charge on any atom is 0.101 e. The summed E-state index contributed by atoms with van der Waals surface area (Å²) in [7, 11) is 1.78. The van der Waals surface area contributed by atoms with Crippen LogP contribution in [0.1, 0.15) is 19.3 Å². The molecule has 2 nitrogen and oxygen atoms in total. The van der Waals surface area contributed by atoms with Crippen molar-refractivity contribution in [2.75, 3.05) is 33.4 Å². The van der Waals surface area contributed by atoms with E-state index in [4.69, 9.17) is 4.74 Å². The van der Waals surface area contributed by atoms with Crippen LogP contribution in [0.2, 0.25) is 0 Å². The van der Waals surface area contributed by atoms with Crippen LogP contribution in [0.4, 0.5) is 0 Å². The van der Waals surface area contributed by atoms with E-state index in [1.54, 1.807) is 12.0 Å². The van der Waals surface area contributed by atoms with E-state index in [1.807, 2.05) is 0 Å². The zero-order chi connectivity index (χ0) is 7.23. The summed E-state index contributed by atoms with van der Waals surface area (Å²) in [4.78, 5) is 1.73. The molecule has 1 aliphatic rings. The topological polar surface area (TPSA) is 13.7 Å². The predicted molar refractivity (Wildman–Crippen MR) is 41.3 cm³/mol. The van der Waals surface area contributed by atoms with Gasteiger partial charge in [-0.15, -0.1) is 0 Å². The van der Waals surface area contributed by atoms with E-state index in [-0.39, 0.29) is 0 Å². The van der Waals surface area contributed by atoms with Gasteiger partial charge in [-0.3, -0.25) is 0 Å². The molecular weight excluding hydrogens is 126 g/mol. The lowest BCUT2D eigenvalue weighted by atomic mass is 10.1. The number of hydrogen-bond acceptors (Lipinski definition) is 1. The van der Waals surface area contributed by atoms with Gasteiger partial charge in [-0.05, 0) is 19.3 Å². The molecule has 1 N–H and O–H groups in total. The lowest BCUT2D eigenvalue weighted by molar-refractivity contribution is -0.905. The summed E-state index contributed by atoms with van der Waals surface area (Å²) in [5, 5.41) is 0. The number of piperidine rings is 1. The first-order chi connectivity index (χ1) is 4.93. The smallest absolute Gasteiger partial charge is 0.101 e. The quantitative estimate of drug-likeness (QED) is 0.574. The molecule has 0 aliphatic carbocycles. The van der Waals surface area contributed by atoms with Crippen molar-refractivity contribution in [3.05, 3.63) is 0 Å². The second kappa shape index (κ2) is 4.69. The van der Waals surface area contributed by atoms with E-state index in [0.29, 0.717) is 0 Å². The minimum atomic E-state index is 0.926. The minimum Gasteiger partial charge on any atom is -0.379 e. The molecule has 0 aromatic rings. The molecule has 0 saturated carbocycles. The number of rotatable bonds is 3. The summed E-state index contributed by atoms with van der Waals surface area (Å²) in [6.07, 6.45) is 4.27. The van der Waals surface area contributed by atoms with Crippen LogP contribution in [0.3, 0.4) is 0 Å². The average Bonchev–Trinajstić information content (AvgIpc) is 2.03. The minimum absolute atomic E-state index is 0.926. The van der Waals surface area contributed by atoms with Crippen molar-refractivity contribution in [1.82, 2.24) is 0 Å². The number of nitrogens with one attached hydrogen (secondary N) is 1. The number of methoxy groups -OCH3 is 1. The van der Waals surface area contributed by atoms with Gasteiger partial charge < -0.3 is 9.64 Å². The van der Waals surface area contributed by atoms with Crippen molar-refractivity contribution in [2.24, 2.45) is 0 Å². The molecule has 0 aromatic heterocycles. The van der Waals surface area contributed by atoms with Crippen LogP contribution in [-0.2, 0) is 4.74 Å². The highest BCUT2D eigenvalue weighted by Gasteiger charge is 2.11. The fourth-order valence-corrected chi connectivity index (χ4v) is 1.55. The third-order valence-corrected chi connectivity index (χ3v) is 2.22. The molecule has 10 heavy (non-hydrogen) atoms. The molecule has 0 atom stereocenters. The van der Waals surface area contributed by atoms with Gasteiger partial charge in [0.25, 0.3) is 0 Å². The first-order valence-electron chi connectivity index (χ1n) is 4.26. The Morgan fingerprint density at radius 1 is 1.20 bits per heavy atom. The van der Waals surface area contributed by atoms with Crippen molar-refractivity contribution in [3.63, 3.8) is 0 Å². The summed E-state index contributed by atoms with van der Waals surface area (Å²) in [5.74, 6) is 0. The summed E-state index contributed by atoms with van der Waals surface area (Å²) >= 11 is 0. The highest BCUT2D eigenvalue weighted by atomic mass is 16.5. The fourth-order valence-electron chi connectivity index (χ4n) is 1.55. The maximum absolute atomic E-state index is 5.02. The Hall–Kier alpha value is -0.0800. The molecule has 1 rings (SSSR count). The van der Waals surface area contributed by atoms with Crippen molar-refractivity contribution in [1.29, 1.82) is 0 Å². The Morgan fingerprint density at radius 3 is 2.50 bits per heavy atom. The van der Waals surface area contributed by atoms with Crippen LogP contribution in [0.25, 0.3) is 0 Å². The Labute approximate surface area is 63.2 Å². The van der Waals surface area contributed by atoms with Crippen LogP contribution in [0.15, 0.2) is 0 Å². The van der Waals surface area contributed by atoms with E-state index in [1.165, 1.54) is 38.9 Å². The molecule has 1 heterocycles. The largest absolute Gasteiger partial charge is 0.379 e. The van der Waals surface area contributed by atoms with E-state index < -0.39 is 0 Å². The lowest BCUT2D eigenvalue weighted by Gasteiger charge is -2.22. The van der Waals surface area contributed by atoms with Crippen LogP contribution in [-0.4, -0.2) is 33.4 Å². The van der Waals surface area contributed by atoms with E-state index in [0.717, 1.165) is 6.61 Å². The Bertz CT molecular complexity index is 79.3. The molecule has 0 aromatic carbocycles. The lowest BCUT2D eigenvalue weighted by Crippen LogP contribution is -3.13. The number of hydrogen-bond donors (Lipinski definition) is 1. The van der Waals surface area contributed by atoms with Crippen LogP contribution in [0.5, 0.6) is 0 Å². The van der Waals surface area contributed by atoms with Gasteiger partial charge in [0.1, 0.15) is 6.54 Å². The maximum atomic E-state index is 5.02. The van der Waals surface area contributed by atoms with Gasteiger partial charge >= 0.3 is 0 Å². The molecule has 0 amide bonds. The van der Waals surface area contributed by atoms with E-state index in [9.17, 15) is 0 Å². The summed E-state index contributed by atoms with van der Waals surface area (Å²) < 4.78 is 5.02. The standard InChI is InChI=1S/C8H17NO/c1-10-8-7-9-5-3-2-4-6-9/h2-8H2,1H3/p+1. The average molecular weight is 144 g/mol. The van der Waals surface area contributed by atoms with Gasteiger partial charge in [0.05, 0.1) is 19.7 Å². The molecule has 0 spiro atoms. The van der Waals surface area contributed by atoms with Gasteiger partial charge in [-0.25, -0.2) is 0 Å². The van der Waals surface area contributed by atoms with Gasteiger partial charge in [-0.1, -0.05) is 0 Å². The Kier molecular flexibility index (Phi) is 3.76. The van der Waals surface area contributed by atoms with E-state index in [2.05, 4.69) is 0 Å². The second-order valence-corrected chi connectivity index (χ2v) is 3.05. The summed E-state index contributed by atoms with van der Waals surface area (Å²) in [6.45, 7) is 4.86. The Balaban J connectivity index is 2.02. The highest BCUT2D eigenvalue weighted by Crippen LogP contribution is 1.93. The summed E-state index contributed by atoms with van der Waals surface area (Å²) in [6, 6.07) is 0. The van der Waals surface area contributed by atoms with Crippen molar-refractivity contribution in [2.45, 2.75) is 19.3 Å². The Morgan fingerprint density at radius 2 is 1.90 bits per heavy atom. The van der Waals surface area contributed by atoms with Crippen LogP contribution < -0.4 is 4.90 Å². The SMILES string of the molecule is COCC[NH+]1CCCCC1. The van der Waals surface area contributed by atoms with Crippen molar-refractivity contribution < 1.29 is 9.64 Å². The first-order valence-corrected chi connectivity index (χ1v) is 4.26. The van der Waals surface area contributed by atoms with Crippen molar-refractivity contribution in [3.8, 4) is 0 Å². The van der Waals surface area contributed by atoms with Crippen LogP contribution in [0, 0.1) is 0 Å². The second-order valence-electron chi connectivity index (χ2n) is 3.05. The first kappa shape index (κ1) is 8.02. The zero-order valence-corrected chi connectivity index (χ0v) is 6.86. The fraction of sp³-hybridized carbons (Fsp3) is 1.00. The number of likely N-dealkylation sites (tertiary alicyclic amines) is 1. The molecule has 1 aliphatic heterocycles. The third-order valence-electron chi connectivity index (χ3n) is 2.22. The third kappa shape index (κ3) is 2.67. The molecule has 0 unspecified atom stereocenters. The normalized spacial score (nSPS) is 21.3. The van der Waals surface area contributed by atoms with E-state index >= 15 is 0 Å². The van der Waals surface area contributed by atoms with Gasteiger partial charge in [-0.2, -0.15) is 0 Å². The number of quaternary nitrogens is 1. The highest BCUT2D eigenvalue weighted by molar-refractivity contribution is 4.45. The van der Waals surface area contributed by atoms with Crippen molar-refractivity contribution >= 4 is 0 Å². The molecule has 0 radical (unpaired) electrons. The number of ether oxygens (including phenoxy) is 1.